The number of nitrogens with one attached hydrogen (secondary N) is 1. The average Bonchev–Trinajstić information content (AvgIpc) is 2.29. The molecule has 0 radical (unpaired) electrons. The van der Waals surface area contributed by atoms with Gasteiger partial charge in [-0.05, 0) is 18.2 Å². The van der Waals surface area contributed by atoms with Crippen molar-refractivity contribution in [3.8, 4) is 17.0 Å². The van der Waals surface area contributed by atoms with Crippen molar-refractivity contribution in [2.24, 2.45) is 0 Å². The van der Waals surface area contributed by atoms with Crippen LogP contribution in [-0.2, 0) is 0 Å². The molecule has 2 rings (SSSR count). The Labute approximate surface area is 107 Å². The summed E-state index contributed by atoms with van der Waals surface area (Å²) in [5, 5.41) is 0.927. The number of hydrogen-bond acceptors (Lipinski definition) is 3. The summed E-state index contributed by atoms with van der Waals surface area (Å²) in [5.41, 5.74) is 0.625. The molecule has 0 unspecified atom stereocenters. The average molecular weight is 271 g/mol. The summed E-state index contributed by atoms with van der Waals surface area (Å²) < 4.78 is 5.02. The molecule has 0 bridgehead atoms. The minimum absolute atomic E-state index is 0.122. The van der Waals surface area contributed by atoms with Crippen molar-refractivity contribution >= 4 is 23.2 Å². The van der Waals surface area contributed by atoms with E-state index in [1.54, 1.807) is 18.2 Å². The lowest BCUT2D eigenvalue weighted by Crippen LogP contribution is -2.11. The predicted molar refractivity (Wildman–Crippen MR) is 66.9 cm³/mol. The van der Waals surface area contributed by atoms with Gasteiger partial charge in [-0.15, -0.1) is 0 Å². The van der Waals surface area contributed by atoms with Crippen molar-refractivity contribution in [2.45, 2.75) is 0 Å². The summed E-state index contributed by atoms with van der Waals surface area (Å²) in [4.78, 5) is 18.0. The van der Waals surface area contributed by atoms with Crippen LogP contribution in [-0.4, -0.2) is 17.1 Å². The molecule has 1 N–H and O–H groups in total. The number of methoxy groups -OCH3 is 1. The lowest BCUT2D eigenvalue weighted by Gasteiger charge is -2.07. The molecule has 17 heavy (non-hydrogen) atoms. The first-order chi connectivity index (χ1) is 8.13. The Morgan fingerprint density at radius 3 is 2.76 bits per heavy atom. The number of aromatic amines is 1. The molecule has 0 saturated carbocycles. The molecule has 0 aliphatic rings. The topological polar surface area (TPSA) is 55.0 Å². The van der Waals surface area contributed by atoms with Crippen molar-refractivity contribution in [1.29, 1.82) is 0 Å². The van der Waals surface area contributed by atoms with Crippen LogP contribution in [0.3, 0.4) is 0 Å². The molecule has 1 aromatic heterocycles. The van der Waals surface area contributed by atoms with E-state index in [1.807, 2.05) is 0 Å². The molecule has 0 aliphatic carbocycles. The van der Waals surface area contributed by atoms with E-state index in [4.69, 9.17) is 27.9 Å². The van der Waals surface area contributed by atoms with Crippen LogP contribution in [0.2, 0.25) is 10.0 Å². The number of ether oxygens (including phenoxy) is 1. The number of rotatable bonds is 2. The van der Waals surface area contributed by atoms with Crippen LogP contribution in [0.1, 0.15) is 0 Å². The fraction of sp³-hybridized carbons (Fsp3) is 0.0909. The Bertz CT molecular complexity index is 611. The molecule has 88 valence electrons. The van der Waals surface area contributed by atoms with Gasteiger partial charge in [0.15, 0.2) is 0 Å². The quantitative estimate of drug-likeness (QED) is 0.913. The minimum atomic E-state index is -0.358. The van der Waals surface area contributed by atoms with Gasteiger partial charge in [0.05, 0.1) is 18.5 Å². The first-order valence-electron chi connectivity index (χ1n) is 4.70. The molecule has 1 aromatic carbocycles. The summed E-state index contributed by atoms with van der Waals surface area (Å²) >= 11 is 11.9. The lowest BCUT2D eigenvalue weighted by molar-refractivity contribution is 0.408. The second-order valence-corrected chi connectivity index (χ2v) is 4.08. The SMILES string of the molecule is COc1c(-c2ccc(Cl)cc2Cl)nc[nH]c1=O. The Morgan fingerprint density at radius 1 is 1.35 bits per heavy atom. The number of hydrogen-bond donors (Lipinski definition) is 1. The van der Waals surface area contributed by atoms with Crippen LogP contribution in [0, 0.1) is 0 Å². The highest BCUT2D eigenvalue weighted by Crippen LogP contribution is 2.32. The standard InChI is InChI=1S/C11H8Cl2N2O2/c1-17-10-9(14-5-15-11(10)16)7-3-2-6(12)4-8(7)13/h2-5H,1H3,(H,14,15,16). The van der Waals surface area contributed by atoms with Gasteiger partial charge in [0.25, 0.3) is 5.56 Å². The van der Waals surface area contributed by atoms with E-state index >= 15 is 0 Å². The maximum absolute atomic E-state index is 11.5. The van der Waals surface area contributed by atoms with Gasteiger partial charge in [-0.1, -0.05) is 23.2 Å². The summed E-state index contributed by atoms with van der Waals surface area (Å²) in [6.45, 7) is 0. The van der Waals surface area contributed by atoms with E-state index in [0.717, 1.165) is 0 Å². The van der Waals surface area contributed by atoms with E-state index in [0.29, 0.717) is 21.3 Å². The summed E-state index contributed by atoms with van der Waals surface area (Å²) in [6, 6.07) is 4.95. The summed E-state index contributed by atoms with van der Waals surface area (Å²) in [6.07, 6.45) is 1.30. The van der Waals surface area contributed by atoms with Gasteiger partial charge in [0.1, 0.15) is 5.69 Å². The molecule has 0 fully saturated rings. The maximum atomic E-state index is 11.5. The highest BCUT2D eigenvalue weighted by molar-refractivity contribution is 6.36. The Morgan fingerprint density at radius 2 is 2.12 bits per heavy atom. The van der Waals surface area contributed by atoms with Crippen LogP contribution < -0.4 is 10.3 Å². The lowest BCUT2D eigenvalue weighted by atomic mass is 10.1. The molecule has 6 heteroatoms. The number of halogens is 2. The van der Waals surface area contributed by atoms with Gasteiger partial charge >= 0.3 is 0 Å². The fourth-order valence-electron chi connectivity index (χ4n) is 1.45. The Balaban J connectivity index is 2.68. The van der Waals surface area contributed by atoms with E-state index in [-0.39, 0.29) is 11.3 Å². The zero-order valence-corrected chi connectivity index (χ0v) is 10.3. The third-order valence-electron chi connectivity index (χ3n) is 2.20. The van der Waals surface area contributed by atoms with Gasteiger partial charge in [-0.2, -0.15) is 0 Å². The molecule has 0 amide bonds. The number of benzene rings is 1. The van der Waals surface area contributed by atoms with Crippen molar-refractivity contribution < 1.29 is 4.74 Å². The zero-order chi connectivity index (χ0) is 12.4. The first-order valence-corrected chi connectivity index (χ1v) is 5.46. The highest BCUT2D eigenvalue weighted by atomic mass is 35.5. The third-order valence-corrected chi connectivity index (χ3v) is 2.75. The van der Waals surface area contributed by atoms with Crippen LogP contribution in [0.15, 0.2) is 29.3 Å². The molecule has 0 spiro atoms. The smallest absolute Gasteiger partial charge is 0.293 e. The molecule has 1 heterocycles. The van der Waals surface area contributed by atoms with E-state index in [2.05, 4.69) is 9.97 Å². The largest absolute Gasteiger partial charge is 0.490 e. The van der Waals surface area contributed by atoms with Gasteiger partial charge in [-0.25, -0.2) is 4.98 Å². The van der Waals surface area contributed by atoms with Gasteiger partial charge in [0, 0.05) is 10.6 Å². The molecule has 0 saturated heterocycles. The number of nitrogens with zero attached hydrogens (tertiary/aromatic N) is 1. The first kappa shape index (κ1) is 12.0. The van der Waals surface area contributed by atoms with Crippen LogP contribution >= 0.6 is 23.2 Å². The molecule has 2 aromatic rings. The summed E-state index contributed by atoms with van der Waals surface area (Å²) in [5.74, 6) is 0.122. The van der Waals surface area contributed by atoms with E-state index in [9.17, 15) is 4.79 Å². The van der Waals surface area contributed by atoms with Gasteiger partial charge in [-0.3, -0.25) is 4.79 Å². The summed E-state index contributed by atoms with van der Waals surface area (Å²) in [7, 11) is 1.40. The normalized spacial score (nSPS) is 10.3. The monoisotopic (exact) mass is 270 g/mol. The Hall–Kier alpha value is -1.52. The van der Waals surface area contributed by atoms with E-state index < -0.39 is 0 Å². The number of H-pyrrole nitrogens is 1. The molecule has 4 nitrogen and oxygen atoms in total. The van der Waals surface area contributed by atoms with Crippen LogP contribution in [0.4, 0.5) is 0 Å². The van der Waals surface area contributed by atoms with Crippen LogP contribution in [0.5, 0.6) is 5.75 Å². The van der Waals surface area contributed by atoms with Crippen molar-refractivity contribution in [2.75, 3.05) is 7.11 Å². The minimum Gasteiger partial charge on any atom is -0.490 e. The van der Waals surface area contributed by atoms with Crippen LogP contribution in [0.25, 0.3) is 11.3 Å². The predicted octanol–water partition coefficient (Wildman–Crippen LogP) is 2.75. The molecule has 0 aliphatic heterocycles. The Kier molecular flexibility index (Phi) is 3.36. The fourth-order valence-corrected chi connectivity index (χ4v) is 1.95. The van der Waals surface area contributed by atoms with Crippen molar-refractivity contribution in [1.82, 2.24) is 9.97 Å². The molecular formula is C11H8Cl2N2O2. The van der Waals surface area contributed by atoms with Gasteiger partial charge < -0.3 is 9.72 Å². The highest BCUT2D eigenvalue weighted by Gasteiger charge is 2.14. The second-order valence-electron chi connectivity index (χ2n) is 3.24. The molecule has 0 atom stereocenters. The molecular weight excluding hydrogens is 263 g/mol. The van der Waals surface area contributed by atoms with Crippen molar-refractivity contribution in [3.63, 3.8) is 0 Å². The maximum Gasteiger partial charge on any atom is 0.293 e. The van der Waals surface area contributed by atoms with Gasteiger partial charge in [0.2, 0.25) is 5.75 Å². The zero-order valence-electron chi connectivity index (χ0n) is 8.83. The number of aromatic nitrogens is 2. The second kappa shape index (κ2) is 4.77. The van der Waals surface area contributed by atoms with Crippen molar-refractivity contribution in [3.05, 3.63) is 44.9 Å². The van der Waals surface area contributed by atoms with E-state index in [1.165, 1.54) is 13.4 Å². The third kappa shape index (κ3) is 2.28.